The first-order chi connectivity index (χ1) is 8.41. The summed E-state index contributed by atoms with van der Waals surface area (Å²) in [6.45, 7) is 7.77. The van der Waals surface area contributed by atoms with Crippen LogP contribution in [0.25, 0.3) is 0 Å². The molecule has 0 saturated heterocycles. The van der Waals surface area contributed by atoms with Crippen molar-refractivity contribution in [2.45, 2.75) is 33.7 Å². The van der Waals surface area contributed by atoms with Gasteiger partial charge >= 0.3 is 0 Å². The summed E-state index contributed by atoms with van der Waals surface area (Å²) in [6.07, 6.45) is 1.66. The highest BCUT2D eigenvalue weighted by atomic mass is 79.9. The minimum absolute atomic E-state index is 0.0174. The minimum atomic E-state index is -0.0174. The Morgan fingerprint density at radius 2 is 2.11 bits per heavy atom. The summed E-state index contributed by atoms with van der Waals surface area (Å²) in [6, 6.07) is 0.143. The third-order valence-corrected chi connectivity index (χ3v) is 4.22. The maximum absolute atomic E-state index is 12.6. The molecular formula is C12H14BrN3OS. The average Bonchev–Trinajstić information content (AvgIpc) is 2.81. The van der Waals surface area contributed by atoms with Crippen LogP contribution in [0.2, 0.25) is 0 Å². The number of hydrogen-bond donors (Lipinski definition) is 0. The molecule has 0 aromatic carbocycles. The van der Waals surface area contributed by atoms with Crippen molar-refractivity contribution >= 4 is 33.0 Å². The van der Waals surface area contributed by atoms with E-state index in [0.717, 1.165) is 15.2 Å². The van der Waals surface area contributed by atoms with E-state index in [2.05, 4.69) is 26.0 Å². The maximum Gasteiger partial charge on any atom is 0.224 e. The van der Waals surface area contributed by atoms with Gasteiger partial charge in [-0.25, -0.2) is 4.98 Å². The van der Waals surface area contributed by atoms with Gasteiger partial charge in [0.05, 0.1) is 26.2 Å². The van der Waals surface area contributed by atoms with Gasteiger partial charge in [-0.2, -0.15) is 5.10 Å². The number of nitrogens with zero attached hydrogens (tertiary/aromatic N) is 3. The van der Waals surface area contributed by atoms with Gasteiger partial charge in [-0.1, -0.05) is 0 Å². The molecule has 2 rings (SSSR count). The van der Waals surface area contributed by atoms with E-state index in [-0.39, 0.29) is 11.8 Å². The molecule has 0 spiro atoms. The molecule has 0 saturated carbocycles. The van der Waals surface area contributed by atoms with E-state index in [9.17, 15) is 4.79 Å². The lowest BCUT2D eigenvalue weighted by Crippen LogP contribution is -2.13. The van der Waals surface area contributed by atoms with Crippen LogP contribution in [-0.4, -0.2) is 20.5 Å². The normalized spacial score (nSPS) is 11.2. The van der Waals surface area contributed by atoms with Crippen molar-refractivity contribution in [3.63, 3.8) is 0 Å². The predicted molar refractivity (Wildman–Crippen MR) is 75.3 cm³/mol. The Bertz CT molecular complexity index is 600. The fraction of sp³-hybridized carbons (Fsp3) is 0.417. The third kappa shape index (κ3) is 2.27. The molecular weight excluding hydrogens is 314 g/mol. The van der Waals surface area contributed by atoms with Crippen LogP contribution >= 0.6 is 27.3 Å². The number of carbonyl (C=O) groups excluding carboxylic acids is 1. The molecule has 0 aliphatic carbocycles. The average molecular weight is 328 g/mol. The van der Waals surface area contributed by atoms with Crippen molar-refractivity contribution < 1.29 is 4.79 Å². The molecule has 2 heterocycles. The van der Waals surface area contributed by atoms with Gasteiger partial charge in [-0.15, -0.1) is 11.3 Å². The summed E-state index contributed by atoms with van der Waals surface area (Å²) in [7, 11) is 0. The van der Waals surface area contributed by atoms with E-state index in [4.69, 9.17) is 0 Å². The molecule has 0 radical (unpaired) electrons. The number of ketones is 1. The third-order valence-electron chi connectivity index (χ3n) is 2.56. The zero-order chi connectivity index (χ0) is 13.4. The summed E-state index contributed by atoms with van der Waals surface area (Å²) >= 11 is 4.82. The zero-order valence-corrected chi connectivity index (χ0v) is 13.1. The summed E-state index contributed by atoms with van der Waals surface area (Å²) in [5.41, 5.74) is 1.38. The van der Waals surface area contributed by atoms with E-state index < -0.39 is 0 Å². The van der Waals surface area contributed by atoms with Gasteiger partial charge < -0.3 is 0 Å². The first-order valence-corrected chi connectivity index (χ1v) is 7.24. The Kier molecular flexibility index (Phi) is 3.68. The number of aryl methyl sites for hydroxylation is 2. The molecule has 18 heavy (non-hydrogen) atoms. The fourth-order valence-corrected chi connectivity index (χ4v) is 3.11. The van der Waals surface area contributed by atoms with Crippen molar-refractivity contribution in [3.8, 4) is 0 Å². The van der Waals surface area contributed by atoms with Crippen LogP contribution in [0.15, 0.2) is 10.7 Å². The van der Waals surface area contributed by atoms with E-state index in [0.29, 0.717) is 10.6 Å². The lowest BCUT2D eigenvalue weighted by Gasteiger charge is -2.09. The SMILES string of the molecule is Cc1nc(C)c(C(=O)c2c(Br)cnn2C(C)C)s1. The van der Waals surface area contributed by atoms with Crippen LogP contribution in [0.5, 0.6) is 0 Å². The van der Waals surface area contributed by atoms with Crippen molar-refractivity contribution in [2.75, 3.05) is 0 Å². The van der Waals surface area contributed by atoms with Crippen molar-refractivity contribution in [3.05, 3.63) is 31.9 Å². The first-order valence-electron chi connectivity index (χ1n) is 5.63. The molecule has 0 amide bonds. The van der Waals surface area contributed by atoms with Crippen LogP contribution in [-0.2, 0) is 0 Å². The Labute approximate surface area is 118 Å². The number of halogens is 1. The van der Waals surface area contributed by atoms with Gasteiger partial charge in [0.25, 0.3) is 0 Å². The number of hydrogen-bond acceptors (Lipinski definition) is 4. The van der Waals surface area contributed by atoms with Gasteiger partial charge in [-0.05, 0) is 43.6 Å². The second-order valence-electron chi connectivity index (χ2n) is 4.36. The number of rotatable bonds is 3. The van der Waals surface area contributed by atoms with Gasteiger partial charge in [-0.3, -0.25) is 9.48 Å². The summed E-state index contributed by atoms with van der Waals surface area (Å²) in [5.74, 6) is -0.0174. The van der Waals surface area contributed by atoms with Crippen LogP contribution in [0.1, 0.15) is 46.0 Å². The lowest BCUT2D eigenvalue weighted by atomic mass is 10.2. The van der Waals surface area contributed by atoms with Crippen molar-refractivity contribution in [1.82, 2.24) is 14.8 Å². The number of aromatic nitrogens is 3. The highest BCUT2D eigenvalue weighted by Gasteiger charge is 2.23. The molecule has 2 aromatic rings. The molecule has 0 aliphatic rings. The van der Waals surface area contributed by atoms with E-state index >= 15 is 0 Å². The largest absolute Gasteiger partial charge is 0.286 e. The molecule has 4 nitrogen and oxygen atoms in total. The smallest absolute Gasteiger partial charge is 0.224 e. The predicted octanol–water partition coefficient (Wildman–Crippen LogP) is 3.53. The molecule has 0 bridgehead atoms. The van der Waals surface area contributed by atoms with Crippen LogP contribution < -0.4 is 0 Å². The minimum Gasteiger partial charge on any atom is -0.286 e. The molecule has 2 aromatic heterocycles. The van der Waals surface area contributed by atoms with Crippen molar-refractivity contribution in [2.24, 2.45) is 0 Å². The van der Waals surface area contributed by atoms with Gasteiger partial charge in [0.15, 0.2) is 0 Å². The van der Waals surface area contributed by atoms with Gasteiger partial charge in [0.2, 0.25) is 5.78 Å². The Balaban J connectivity index is 2.52. The molecule has 6 heteroatoms. The van der Waals surface area contributed by atoms with Gasteiger partial charge in [0.1, 0.15) is 5.69 Å². The second kappa shape index (κ2) is 4.93. The summed E-state index contributed by atoms with van der Waals surface area (Å²) < 4.78 is 2.47. The van der Waals surface area contributed by atoms with E-state index in [1.165, 1.54) is 11.3 Å². The highest BCUT2D eigenvalue weighted by molar-refractivity contribution is 9.10. The van der Waals surface area contributed by atoms with Crippen LogP contribution in [0.3, 0.4) is 0 Å². The molecule has 96 valence electrons. The summed E-state index contributed by atoms with van der Waals surface area (Å²) in [4.78, 5) is 17.6. The second-order valence-corrected chi connectivity index (χ2v) is 6.41. The summed E-state index contributed by atoms with van der Waals surface area (Å²) in [5, 5.41) is 5.14. The molecule has 0 unspecified atom stereocenters. The topological polar surface area (TPSA) is 47.8 Å². The molecule has 0 N–H and O–H groups in total. The quantitative estimate of drug-likeness (QED) is 0.810. The Hall–Kier alpha value is -1.01. The van der Waals surface area contributed by atoms with Crippen LogP contribution in [0.4, 0.5) is 0 Å². The lowest BCUT2D eigenvalue weighted by molar-refractivity contribution is 0.102. The monoisotopic (exact) mass is 327 g/mol. The number of carbonyl (C=O) groups is 1. The standard InChI is InChI=1S/C12H14BrN3OS/c1-6(2)16-10(9(13)5-14-16)11(17)12-7(3)15-8(4)18-12/h5-6H,1-4H3. The molecule has 0 aliphatic heterocycles. The highest BCUT2D eigenvalue weighted by Crippen LogP contribution is 2.26. The Morgan fingerprint density at radius 1 is 1.44 bits per heavy atom. The van der Waals surface area contributed by atoms with E-state index in [1.54, 1.807) is 10.9 Å². The first kappa shape index (κ1) is 13.4. The fourth-order valence-electron chi connectivity index (χ4n) is 1.79. The maximum atomic E-state index is 12.6. The van der Waals surface area contributed by atoms with Crippen LogP contribution in [0, 0.1) is 13.8 Å². The Morgan fingerprint density at radius 3 is 2.61 bits per heavy atom. The van der Waals surface area contributed by atoms with Crippen molar-refractivity contribution in [1.29, 1.82) is 0 Å². The van der Waals surface area contributed by atoms with E-state index in [1.807, 2.05) is 27.7 Å². The zero-order valence-electron chi connectivity index (χ0n) is 10.7. The van der Waals surface area contributed by atoms with Gasteiger partial charge in [0, 0.05) is 6.04 Å². The molecule has 0 atom stereocenters. The number of thiazole rings is 1. The molecule has 0 fully saturated rings.